The number of urea groups is 1. The molecule has 1 aromatic heterocycles. The van der Waals surface area contributed by atoms with E-state index in [1.165, 1.54) is 11.3 Å². The number of nitrogens with one attached hydrogen (secondary N) is 2. The van der Waals surface area contributed by atoms with E-state index in [2.05, 4.69) is 26.6 Å². The normalized spacial score (nSPS) is 11.1. The number of aliphatic carboxylic acids is 1. The summed E-state index contributed by atoms with van der Waals surface area (Å²) >= 11 is 4.90. The van der Waals surface area contributed by atoms with Crippen LogP contribution in [0.3, 0.4) is 0 Å². The van der Waals surface area contributed by atoms with Crippen LogP contribution in [0.4, 0.5) is 4.79 Å². The van der Waals surface area contributed by atoms with Crippen LogP contribution >= 0.6 is 27.3 Å². The van der Waals surface area contributed by atoms with Crippen LogP contribution in [0.25, 0.3) is 0 Å². The monoisotopic (exact) mass is 334 g/mol. The molecular weight excluding hydrogens is 320 g/mol. The average molecular weight is 335 g/mol. The summed E-state index contributed by atoms with van der Waals surface area (Å²) in [6, 6.07) is 1.54. The number of carbonyl (C=O) groups is 2. The molecule has 0 aliphatic carbocycles. The number of carbonyl (C=O) groups excluding carboxylic acids is 1. The van der Waals surface area contributed by atoms with Crippen molar-refractivity contribution in [3.05, 3.63) is 20.8 Å². The summed E-state index contributed by atoms with van der Waals surface area (Å²) in [7, 11) is 0. The quantitative estimate of drug-likeness (QED) is 0.773. The second kappa shape index (κ2) is 6.19. The van der Waals surface area contributed by atoms with Gasteiger partial charge < -0.3 is 15.7 Å². The molecule has 0 aliphatic rings. The van der Waals surface area contributed by atoms with E-state index in [4.69, 9.17) is 5.11 Å². The van der Waals surface area contributed by atoms with E-state index in [0.29, 0.717) is 6.54 Å². The van der Waals surface area contributed by atoms with E-state index in [1.807, 2.05) is 11.4 Å². The number of rotatable bonds is 5. The SMILES string of the molecule is CC(C)(CNC(=O)NCc1sccc1Br)C(=O)O. The smallest absolute Gasteiger partial charge is 0.315 e. The molecule has 0 bridgehead atoms. The Hall–Kier alpha value is -1.08. The lowest BCUT2D eigenvalue weighted by molar-refractivity contribution is -0.146. The molecule has 2 amide bonds. The van der Waals surface area contributed by atoms with Gasteiger partial charge in [-0.3, -0.25) is 4.79 Å². The van der Waals surface area contributed by atoms with Crippen LogP contribution in [0.2, 0.25) is 0 Å². The van der Waals surface area contributed by atoms with E-state index in [-0.39, 0.29) is 12.6 Å². The highest BCUT2D eigenvalue weighted by molar-refractivity contribution is 9.10. The fourth-order valence-corrected chi connectivity index (χ4v) is 2.48. The average Bonchev–Trinajstić information content (AvgIpc) is 2.69. The van der Waals surface area contributed by atoms with Crippen LogP contribution in [-0.4, -0.2) is 23.7 Å². The molecule has 0 saturated carbocycles. The zero-order valence-electron chi connectivity index (χ0n) is 10.1. The molecule has 0 atom stereocenters. The van der Waals surface area contributed by atoms with Crippen LogP contribution in [0, 0.1) is 5.41 Å². The molecule has 0 aliphatic heterocycles. The first kappa shape index (κ1) is 15.0. The molecule has 1 rings (SSSR count). The predicted octanol–water partition coefficient (Wildman–Crippen LogP) is 2.42. The third-order valence-electron chi connectivity index (χ3n) is 2.37. The molecule has 0 spiro atoms. The van der Waals surface area contributed by atoms with Crippen molar-refractivity contribution in [1.82, 2.24) is 10.6 Å². The van der Waals surface area contributed by atoms with Gasteiger partial charge in [0.05, 0.1) is 12.0 Å². The molecule has 0 fully saturated rings. The van der Waals surface area contributed by atoms with Crippen LogP contribution in [0.5, 0.6) is 0 Å². The summed E-state index contributed by atoms with van der Waals surface area (Å²) in [5.41, 5.74) is -0.971. The summed E-state index contributed by atoms with van der Waals surface area (Å²) < 4.78 is 0.957. The lowest BCUT2D eigenvalue weighted by Gasteiger charge is -2.19. The molecule has 5 nitrogen and oxygen atoms in total. The topological polar surface area (TPSA) is 78.4 Å². The van der Waals surface area contributed by atoms with Gasteiger partial charge in [-0.2, -0.15) is 0 Å². The first-order valence-corrected chi connectivity index (χ1v) is 6.97. The zero-order chi connectivity index (χ0) is 13.8. The zero-order valence-corrected chi connectivity index (χ0v) is 12.5. The third kappa shape index (κ3) is 4.30. The molecule has 0 aromatic carbocycles. The molecule has 1 heterocycles. The number of hydrogen-bond acceptors (Lipinski definition) is 3. The van der Waals surface area contributed by atoms with Crippen LogP contribution in [-0.2, 0) is 11.3 Å². The molecule has 100 valence electrons. The minimum Gasteiger partial charge on any atom is -0.481 e. The highest BCUT2D eigenvalue weighted by atomic mass is 79.9. The maximum Gasteiger partial charge on any atom is 0.315 e. The lowest BCUT2D eigenvalue weighted by Crippen LogP contribution is -2.43. The molecule has 0 unspecified atom stereocenters. The molecule has 0 saturated heterocycles. The first-order chi connectivity index (χ1) is 8.33. The Morgan fingerprint density at radius 2 is 2.11 bits per heavy atom. The van der Waals surface area contributed by atoms with Crippen LogP contribution in [0.1, 0.15) is 18.7 Å². The first-order valence-electron chi connectivity index (χ1n) is 5.30. The number of thiophene rings is 1. The van der Waals surface area contributed by atoms with E-state index >= 15 is 0 Å². The summed E-state index contributed by atoms with van der Waals surface area (Å²) in [5.74, 6) is -0.941. The van der Waals surface area contributed by atoms with Crippen LogP contribution < -0.4 is 10.6 Å². The number of carboxylic acids is 1. The third-order valence-corrected chi connectivity index (χ3v) is 4.30. The van der Waals surface area contributed by atoms with Gasteiger partial charge in [0.2, 0.25) is 0 Å². The van der Waals surface area contributed by atoms with Crippen molar-refractivity contribution >= 4 is 39.3 Å². The maximum atomic E-state index is 11.5. The number of hydrogen-bond donors (Lipinski definition) is 3. The molecular formula is C11H15BrN2O3S. The van der Waals surface area contributed by atoms with Crippen molar-refractivity contribution in [2.45, 2.75) is 20.4 Å². The maximum absolute atomic E-state index is 11.5. The minimum atomic E-state index is -0.971. The lowest BCUT2D eigenvalue weighted by atomic mass is 9.94. The van der Waals surface area contributed by atoms with Crippen molar-refractivity contribution < 1.29 is 14.7 Å². The van der Waals surface area contributed by atoms with Crippen molar-refractivity contribution in [2.24, 2.45) is 5.41 Å². The Morgan fingerprint density at radius 3 is 2.61 bits per heavy atom. The molecule has 18 heavy (non-hydrogen) atoms. The minimum absolute atomic E-state index is 0.0831. The molecule has 0 radical (unpaired) electrons. The van der Waals surface area contributed by atoms with E-state index in [0.717, 1.165) is 9.35 Å². The van der Waals surface area contributed by atoms with Gasteiger partial charge in [0.15, 0.2) is 0 Å². The van der Waals surface area contributed by atoms with Gasteiger partial charge in [-0.15, -0.1) is 11.3 Å². The van der Waals surface area contributed by atoms with Crippen molar-refractivity contribution in [3.8, 4) is 0 Å². The van der Waals surface area contributed by atoms with E-state index < -0.39 is 11.4 Å². The largest absolute Gasteiger partial charge is 0.481 e. The summed E-state index contributed by atoms with van der Waals surface area (Å²) in [6.45, 7) is 3.62. The molecule has 3 N–H and O–H groups in total. The second-order valence-electron chi connectivity index (χ2n) is 4.42. The van der Waals surface area contributed by atoms with Crippen molar-refractivity contribution in [1.29, 1.82) is 0 Å². The van der Waals surface area contributed by atoms with Crippen molar-refractivity contribution in [3.63, 3.8) is 0 Å². The molecule has 1 aromatic rings. The van der Waals surface area contributed by atoms with Gasteiger partial charge >= 0.3 is 12.0 Å². The summed E-state index contributed by atoms with van der Waals surface area (Å²) in [6.07, 6.45) is 0. The second-order valence-corrected chi connectivity index (χ2v) is 6.27. The highest BCUT2D eigenvalue weighted by Crippen LogP contribution is 2.22. The van der Waals surface area contributed by atoms with E-state index in [9.17, 15) is 9.59 Å². The van der Waals surface area contributed by atoms with Crippen molar-refractivity contribution in [2.75, 3.05) is 6.54 Å². The van der Waals surface area contributed by atoms with Gasteiger partial charge in [-0.05, 0) is 41.2 Å². The van der Waals surface area contributed by atoms with Gasteiger partial charge in [0, 0.05) is 15.9 Å². The Bertz CT molecular complexity index is 445. The fraction of sp³-hybridized carbons (Fsp3) is 0.455. The Labute approximate surface area is 118 Å². The van der Waals surface area contributed by atoms with Crippen LogP contribution in [0.15, 0.2) is 15.9 Å². The Morgan fingerprint density at radius 1 is 1.44 bits per heavy atom. The fourth-order valence-electron chi connectivity index (χ4n) is 1.05. The van der Waals surface area contributed by atoms with Gasteiger partial charge in [0.25, 0.3) is 0 Å². The molecule has 7 heteroatoms. The predicted molar refractivity (Wildman–Crippen MR) is 73.7 cm³/mol. The van der Waals surface area contributed by atoms with E-state index in [1.54, 1.807) is 13.8 Å². The van der Waals surface area contributed by atoms with Gasteiger partial charge in [0.1, 0.15) is 0 Å². The Balaban J connectivity index is 2.35. The standard InChI is InChI=1S/C11H15BrN2O3S/c1-11(2,9(15)16)6-14-10(17)13-5-8-7(12)3-4-18-8/h3-4H,5-6H2,1-2H3,(H,15,16)(H2,13,14,17). The number of carboxylic acid groups (broad SMARTS) is 1. The number of halogens is 1. The Kier molecular flexibility index (Phi) is 5.15. The number of amides is 2. The van der Waals surface area contributed by atoms with Gasteiger partial charge in [-0.25, -0.2) is 4.79 Å². The van der Waals surface area contributed by atoms with Gasteiger partial charge in [-0.1, -0.05) is 0 Å². The summed E-state index contributed by atoms with van der Waals surface area (Å²) in [5, 5.41) is 16.0. The summed E-state index contributed by atoms with van der Waals surface area (Å²) in [4.78, 5) is 23.4. The highest BCUT2D eigenvalue weighted by Gasteiger charge is 2.27.